The molecule has 0 saturated heterocycles. The average molecular weight is 366 g/mol. The lowest BCUT2D eigenvalue weighted by Crippen LogP contribution is -2.38. The number of benzene rings is 1. The molecule has 3 rings (SSSR count). The third-order valence-electron chi connectivity index (χ3n) is 4.01. The summed E-state index contributed by atoms with van der Waals surface area (Å²) in [5.41, 5.74) is 7.57. The Morgan fingerprint density at radius 1 is 1.22 bits per heavy atom. The van der Waals surface area contributed by atoms with Crippen molar-refractivity contribution in [3.8, 4) is 11.6 Å². The molecule has 8 nitrogen and oxygen atoms in total. The van der Waals surface area contributed by atoms with Gasteiger partial charge in [-0.25, -0.2) is 4.98 Å². The summed E-state index contributed by atoms with van der Waals surface area (Å²) in [7, 11) is 5.46. The van der Waals surface area contributed by atoms with Crippen LogP contribution in [0, 0.1) is 5.41 Å². The van der Waals surface area contributed by atoms with E-state index in [1.165, 1.54) is 7.05 Å². The molecule has 1 amide bonds. The number of pyridine rings is 1. The lowest BCUT2D eigenvalue weighted by molar-refractivity contribution is 0.0864. The van der Waals surface area contributed by atoms with E-state index in [0.717, 1.165) is 27.9 Å². The van der Waals surface area contributed by atoms with Crippen molar-refractivity contribution in [1.29, 1.82) is 5.41 Å². The highest BCUT2D eigenvalue weighted by molar-refractivity contribution is 6.05. The summed E-state index contributed by atoms with van der Waals surface area (Å²) in [6.07, 6.45) is 1.72. The number of carbonyl (C=O) groups is 1. The summed E-state index contributed by atoms with van der Waals surface area (Å²) >= 11 is 0. The second-order valence-electron chi connectivity index (χ2n) is 6.52. The molecule has 0 aliphatic carbocycles. The Morgan fingerprint density at radius 2 is 2.00 bits per heavy atom. The predicted molar refractivity (Wildman–Crippen MR) is 104 cm³/mol. The first-order valence-corrected chi connectivity index (χ1v) is 8.36. The van der Waals surface area contributed by atoms with Crippen molar-refractivity contribution in [2.45, 2.75) is 6.54 Å². The van der Waals surface area contributed by atoms with E-state index in [1.54, 1.807) is 18.3 Å². The number of nitrogens with zero attached hydrogens (tertiary/aromatic N) is 3. The van der Waals surface area contributed by atoms with E-state index < -0.39 is 0 Å². The number of nitrogens with two attached hydrogens (primary N) is 1. The van der Waals surface area contributed by atoms with Gasteiger partial charge in [0.05, 0.1) is 0 Å². The fourth-order valence-corrected chi connectivity index (χ4v) is 2.67. The van der Waals surface area contributed by atoms with Crippen LogP contribution in [0.5, 0.6) is 11.6 Å². The predicted octanol–water partition coefficient (Wildman–Crippen LogP) is 2.38. The quantitative estimate of drug-likeness (QED) is 0.474. The number of nitrogens with one attached hydrogen (secondary N) is 2. The van der Waals surface area contributed by atoms with E-state index in [1.807, 2.05) is 38.4 Å². The summed E-state index contributed by atoms with van der Waals surface area (Å²) in [4.78, 5) is 22.7. The molecule has 0 unspecified atom stereocenters. The van der Waals surface area contributed by atoms with Gasteiger partial charge in [0.25, 0.3) is 5.91 Å². The van der Waals surface area contributed by atoms with Gasteiger partial charge < -0.3 is 20.4 Å². The monoisotopic (exact) mass is 366 g/mol. The molecule has 2 heterocycles. The zero-order valence-corrected chi connectivity index (χ0v) is 15.5. The zero-order valence-electron chi connectivity index (χ0n) is 15.5. The van der Waals surface area contributed by atoms with Crippen LogP contribution in [-0.2, 0) is 6.54 Å². The van der Waals surface area contributed by atoms with Gasteiger partial charge >= 0.3 is 0 Å². The van der Waals surface area contributed by atoms with Crippen LogP contribution in [-0.4, -0.2) is 52.8 Å². The van der Waals surface area contributed by atoms with Gasteiger partial charge in [-0.3, -0.25) is 15.1 Å². The van der Waals surface area contributed by atoms with Gasteiger partial charge in [0, 0.05) is 42.8 Å². The maximum atomic E-state index is 12.3. The van der Waals surface area contributed by atoms with Gasteiger partial charge in [-0.05, 0) is 43.9 Å². The summed E-state index contributed by atoms with van der Waals surface area (Å²) in [6.45, 7) is 0.795. The fourth-order valence-electron chi connectivity index (χ4n) is 2.67. The largest absolute Gasteiger partial charge is 0.439 e. The van der Waals surface area contributed by atoms with E-state index in [-0.39, 0.29) is 11.9 Å². The van der Waals surface area contributed by atoms with E-state index in [0.29, 0.717) is 17.3 Å². The Bertz CT molecular complexity index is 995. The molecule has 0 saturated carbocycles. The normalized spacial score (nSPS) is 11.0. The smallest absolute Gasteiger partial charge is 0.276 e. The summed E-state index contributed by atoms with van der Waals surface area (Å²) in [5.74, 6) is 0.427. The van der Waals surface area contributed by atoms with Crippen molar-refractivity contribution in [2.24, 2.45) is 5.73 Å². The van der Waals surface area contributed by atoms with Crippen molar-refractivity contribution >= 4 is 22.8 Å². The van der Waals surface area contributed by atoms with Gasteiger partial charge in [-0.1, -0.05) is 0 Å². The molecule has 0 spiro atoms. The van der Waals surface area contributed by atoms with Crippen molar-refractivity contribution < 1.29 is 9.53 Å². The number of hydrogen-bond acceptors (Lipinski definition) is 5. The minimum absolute atomic E-state index is 0.314. The lowest BCUT2D eigenvalue weighted by atomic mass is 10.2. The Balaban J connectivity index is 1.83. The highest BCUT2D eigenvalue weighted by Crippen LogP contribution is 2.26. The van der Waals surface area contributed by atoms with E-state index >= 15 is 0 Å². The topological polar surface area (TPSA) is 111 Å². The van der Waals surface area contributed by atoms with Crippen LogP contribution < -0.4 is 10.5 Å². The van der Waals surface area contributed by atoms with Gasteiger partial charge in [0.2, 0.25) is 5.88 Å². The Labute approximate surface area is 157 Å². The first kappa shape index (κ1) is 18.4. The van der Waals surface area contributed by atoms with Crippen LogP contribution >= 0.6 is 0 Å². The van der Waals surface area contributed by atoms with Crippen LogP contribution in [0.2, 0.25) is 0 Å². The Kier molecular flexibility index (Phi) is 5.09. The standard InChI is InChI=1S/C19H22N6O2/c1-24(2)11-12-6-7-22-17(8-12)27-14-5-4-13-9-16(23-15(13)10-14)18(26)25(3)19(20)21/h4-10,23H,11H2,1-3H3,(H3,20,21). The second kappa shape index (κ2) is 7.46. The molecule has 0 fully saturated rings. The highest BCUT2D eigenvalue weighted by atomic mass is 16.5. The number of aromatic amines is 1. The number of fused-ring (bicyclic) bond motifs is 1. The number of ether oxygens (including phenoxy) is 1. The Morgan fingerprint density at radius 3 is 2.70 bits per heavy atom. The second-order valence-corrected chi connectivity index (χ2v) is 6.52. The van der Waals surface area contributed by atoms with Crippen LogP contribution in [0.25, 0.3) is 10.9 Å². The van der Waals surface area contributed by atoms with Crippen LogP contribution in [0.15, 0.2) is 42.6 Å². The number of H-pyrrole nitrogens is 1. The molecule has 0 atom stereocenters. The number of guanidine groups is 1. The minimum atomic E-state index is -0.376. The van der Waals surface area contributed by atoms with Crippen LogP contribution in [0.1, 0.15) is 16.1 Å². The van der Waals surface area contributed by atoms with E-state index in [9.17, 15) is 4.79 Å². The summed E-state index contributed by atoms with van der Waals surface area (Å²) in [5, 5.41) is 8.23. The maximum Gasteiger partial charge on any atom is 0.276 e. The molecule has 8 heteroatoms. The molecule has 140 valence electrons. The zero-order chi connectivity index (χ0) is 19.6. The molecule has 0 aliphatic rings. The third-order valence-corrected chi connectivity index (χ3v) is 4.01. The minimum Gasteiger partial charge on any atom is -0.439 e. The molecule has 2 aromatic heterocycles. The van der Waals surface area contributed by atoms with Crippen LogP contribution in [0.4, 0.5) is 0 Å². The number of aromatic nitrogens is 2. The van der Waals surface area contributed by atoms with Crippen molar-refractivity contribution in [3.05, 3.63) is 53.9 Å². The van der Waals surface area contributed by atoms with Crippen LogP contribution in [0.3, 0.4) is 0 Å². The third kappa shape index (κ3) is 4.24. The first-order valence-electron chi connectivity index (χ1n) is 8.36. The van der Waals surface area contributed by atoms with Gasteiger partial charge in [0.15, 0.2) is 5.96 Å². The molecule has 3 aromatic rings. The van der Waals surface area contributed by atoms with Crippen molar-refractivity contribution in [1.82, 2.24) is 19.8 Å². The SMILES string of the molecule is CN(C)Cc1ccnc(Oc2ccc3cc(C(=O)N(C)C(=N)N)[nH]c3c2)c1. The number of amides is 1. The molecule has 27 heavy (non-hydrogen) atoms. The van der Waals surface area contributed by atoms with Crippen molar-refractivity contribution in [2.75, 3.05) is 21.1 Å². The summed E-state index contributed by atoms with van der Waals surface area (Å²) in [6, 6.07) is 11.0. The molecule has 0 aliphatic heterocycles. The van der Waals surface area contributed by atoms with Gasteiger partial charge in [-0.15, -0.1) is 0 Å². The highest BCUT2D eigenvalue weighted by Gasteiger charge is 2.16. The average Bonchev–Trinajstić information content (AvgIpc) is 3.03. The number of hydrogen-bond donors (Lipinski definition) is 3. The van der Waals surface area contributed by atoms with Gasteiger partial charge in [0.1, 0.15) is 11.4 Å². The fraction of sp³-hybridized carbons (Fsp3) is 0.211. The van der Waals surface area contributed by atoms with E-state index in [2.05, 4.69) is 14.9 Å². The maximum absolute atomic E-state index is 12.3. The Hall–Kier alpha value is -3.39. The number of rotatable bonds is 5. The lowest BCUT2D eigenvalue weighted by Gasteiger charge is -2.12. The van der Waals surface area contributed by atoms with Gasteiger partial charge in [-0.2, -0.15) is 0 Å². The number of carbonyl (C=O) groups excluding carboxylic acids is 1. The molecule has 0 bridgehead atoms. The first-order chi connectivity index (χ1) is 12.8. The van der Waals surface area contributed by atoms with Crippen molar-refractivity contribution in [3.63, 3.8) is 0 Å². The van der Waals surface area contributed by atoms with E-state index in [4.69, 9.17) is 15.9 Å². The molecule has 0 radical (unpaired) electrons. The molecular weight excluding hydrogens is 344 g/mol. The molecule has 1 aromatic carbocycles. The summed E-state index contributed by atoms with van der Waals surface area (Å²) < 4.78 is 5.87. The molecule has 4 N–H and O–H groups in total. The molecular formula is C19H22N6O2.